The molecule has 2 aromatic rings. The fourth-order valence-corrected chi connectivity index (χ4v) is 2.37. The molecule has 2 amide bonds. The van der Waals surface area contributed by atoms with E-state index in [0.717, 1.165) is 12.1 Å². The Morgan fingerprint density at radius 2 is 1.62 bits per heavy atom. The third-order valence-corrected chi connectivity index (χ3v) is 3.93. The van der Waals surface area contributed by atoms with Crippen molar-refractivity contribution >= 4 is 34.8 Å². The van der Waals surface area contributed by atoms with Crippen LogP contribution in [0.2, 0.25) is 0 Å². The first kappa shape index (κ1) is 23.4. The second kappa shape index (κ2) is 10.8. The van der Waals surface area contributed by atoms with Gasteiger partial charge in [-0.25, -0.2) is 0 Å². The summed E-state index contributed by atoms with van der Waals surface area (Å²) in [5.74, 6) is -2.10. The number of nitriles is 1. The normalized spacial score (nSPS) is 9.84. The highest BCUT2D eigenvalue weighted by Crippen LogP contribution is 2.21. The molecule has 2 N–H and O–H groups in total. The van der Waals surface area contributed by atoms with Gasteiger partial charge in [-0.3, -0.25) is 34.6 Å². The molecule has 0 heterocycles. The maximum Gasteiger partial charge on any atom is 0.308 e. The molecule has 2 rings (SSSR count). The second-order valence-electron chi connectivity index (χ2n) is 6.12. The van der Waals surface area contributed by atoms with Gasteiger partial charge in [0.25, 0.3) is 23.2 Å². The maximum absolute atomic E-state index is 11.9. The molecule has 0 spiro atoms. The number of nitrogens with one attached hydrogen (secondary N) is 2. The van der Waals surface area contributed by atoms with E-state index in [2.05, 4.69) is 10.6 Å². The lowest BCUT2D eigenvalue weighted by Crippen LogP contribution is -2.27. The smallest absolute Gasteiger partial charge is 0.308 e. The van der Waals surface area contributed by atoms with Crippen LogP contribution in [0.3, 0.4) is 0 Å². The van der Waals surface area contributed by atoms with Gasteiger partial charge in [-0.1, -0.05) is 0 Å². The van der Waals surface area contributed by atoms with Crippen LogP contribution in [-0.2, 0) is 14.3 Å². The number of hydrogen-bond acceptors (Lipinski definition) is 9. The first-order valence-electron chi connectivity index (χ1n) is 8.88. The van der Waals surface area contributed by atoms with Crippen molar-refractivity contribution in [3.8, 4) is 6.07 Å². The summed E-state index contributed by atoms with van der Waals surface area (Å²) < 4.78 is 4.77. The third-order valence-electron chi connectivity index (χ3n) is 3.93. The van der Waals surface area contributed by atoms with Gasteiger partial charge in [0.2, 0.25) is 0 Å². The summed E-state index contributed by atoms with van der Waals surface area (Å²) in [7, 11) is 0. The van der Waals surface area contributed by atoms with Crippen molar-refractivity contribution in [1.82, 2.24) is 5.32 Å². The van der Waals surface area contributed by atoms with Crippen molar-refractivity contribution in [2.45, 2.75) is 6.42 Å². The van der Waals surface area contributed by atoms with Crippen molar-refractivity contribution < 1.29 is 29.0 Å². The monoisotopic (exact) mass is 441 g/mol. The van der Waals surface area contributed by atoms with Crippen LogP contribution >= 0.6 is 0 Å². The fourth-order valence-electron chi connectivity index (χ4n) is 2.37. The zero-order valence-electron chi connectivity index (χ0n) is 16.3. The Morgan fingerprint density at radius 1 is 1.00 bits per heavy atom. The molecule has 0 saturated heterocycles. The number of hydrogen-bond donors (Lipinski definition) is 2. The van der Waals surface area contributed by atoms with Gasteiger partial charge in [0.1, 0.15) is 6.07 Å². The minimum atomic E-state index is -0.784. The number of nitro benzene ring substituents is 2. The van der Waals surface area contributed by atoms with Crippen LogP contribution in [0, 0.1) is 31.6 Å². The van der Waals surface area contributed by atoms with Gasteiger partial charge in [-0.2, -0.15) is 5.26 Å². The number of carbonyl (C=O) groups excluding carboxylic acids is 3. The molecule has 0 fully saturated rings. The molecule has 0 aliphatic carbocycles. The Balaban J connectivity index is 1.76. The summed E-state index contributed by atoms with van der Waals surface area (Å²) in [4.78, 5) is 55.6. The summed E-state index contributed by atoms with van der Waals surface area (Å²) in [6, 6.07) is 9.89. The number of rotatable bonds is 9. The molecule has 0 aliphatic heterocycles. The Morgan fingerprint density at radius 3 is 2.22 bits per heavy atom. The van der Waals surface area contributed by atoms with E-state index in [1.54, 1.807) is 6.07 Å². The van der Waals surface area contributed by atoms with Gasteiger partial charge in [-0.05, 0) is 18.2 Å². The quantitative estimate of drug-likeness (QED) is 0.330. The SMILES string of the molecule is N#Cc1cc([N+](=O)[O-])ccc1NC(=O)COC(=O)CCNC(=O)c1ccc([N+](=O)[O-])cc1. The van der Waals surface area contributed by atoms with Crippen LogP contribution in [0.4, 0.5) is 17.1 Å². The van der Waals surface area contributed by atoms with Crippen LogP contribution in [0.5, 0.6) is 0 Å². The zero-order valence-corrected chi connectivity index (χ0v) is 16.3. The molecule has 0 saturated carbocycles. The van der Waals surface area contributed by atoms with Crippen LogP contribution in [0.15, 0.2) is 42.5 Å². The number of amides is 2. The largest absolute Gasteiger partial charge is 0.456 e. The lowest BCUT2D eigenvalue weighted by Gasteiger charge is -2.08. The summed E-state index contributed by atoms with van der Waals surface area (Å²) in [6.07, 6.45) is -0.243. The second-order valence-corrected chi connectivity index (χ2v) is 6.12. The van der Waals surface area contributed by atoms with Crippen LogP contribution < -0.4 is 10.6 Å². The number of non-ortho nitro benzene ring substituents is 2. The van der Waals surface area contributed by atoms with Gasteiger partial charge < -0.3 is 15.4 Å². The predicted octanol–water partition coefficient (Wildman–Crippen LogP) is 1.68. The fraction of sp³-hybridized carbons (Fsp3) is 0.158. The summed E-state index contributed by atoms with van der Waals surface area (Å²) in [6.45, 7) is -0.770. The number of esters is 1. The van der Waals surface area contributed by atoms with Gasteiger partial charge in [-0.15, -0.1) is 0 Å². The van der Waals surface area contributed by atoms with Crippen LogP contribution in [-0.4, -0.2) is 40.8 Å². The number of nitrogens with zero attached hydrogens (tertiary/aromatic N) is 3. The lowest BCUT2D eigenvalue weighted by molar-refractivity contribution is -0.385. The minimum Gasteiger partial charge on any atom is -0.456 e. The number of carbonyl (C=O) groups is 3. The highest BCUT2D eigenvalue weighted by molar-refractivity contribution is 5.95. The molecule has 13 nitrogen and oxygen atoms in total. The highest BCUT2D eigenvalue weighted by Gasteiger charge is 2.14. The van der Waals surface area contributed by atoms with Gasteiger partial charge in [0.15, 0.2) is 6.61 Å². The molecule has 164 valence electrons. The standard InChI is InChI=1S/C19H15N5O8/c20-10-13-9-15(24(30)31)5-6-16(13)22-17(25)11-32-18(26)7-8-21-19(27)12-1-3-14(4-2-12)23(28)29/h1-6,9H,7-8,11H2,(H,21,27)(H,22,25). The number of nitro groups is 2. The first-order valence-corrected chi connectivity index (χ1v) is 8.88. The Labute approximate surface area is 179 Å². The molecule has 0 aromatic heterocycles. The van der Waals surface area contributed by atoms with E-state index in [9.17, 15) is 34.6 Å². The first-order chi connectivity index (χ1) is 15.2. The molecule has 13 heteroatoms. The van der Waals surface area contributed by atoms with Crippen molar-refractivity contribution in [2.24, 2.45) is 0 Å². The molecule has 2 aromatic carbocycles. The number of benzene rings is 2. The van der Waals surface area contributed by atoms with Gasteiger partial charge in [0.05, 0.1) is 27.5 Å². The zero-order chi connectivity index (χ0) is 23.7. The average Bonchev–Trinajstić information content (AvgIpc) is 2.77. The lowest BCUT2D eigenvalue weighted by atomic mass is 10.1. The molecular formula is C19H15N5O8. The average molecular weight is 441 g/mol. The highest BCUT2D eigenvalue weighted by atomic mass is 16.6. The molecule has 0 aliphatic rings. The Bertz CT molecular complexity index is 1110. The predicted molar refractivity (Wildman–Crippen MR) is 107 cm³/mol. The Hall–Kier alpha value is -4.86. The van der Waals surface area contributed by atoms with E-state index in [4.69, 9.17) is 10.00 Å². The summed E-state index contributed by atoms with van der Waals surface area (Å²) in [5.41, 5.74) is -0.428. The van der Waals surface area contributed by atoms with E-state index in [0.29, 0.717) is 0 Å². The Kier molecular flexibility index (Phi) is 7.89. The number of ether oxygens (including phenoxy) is 1. The van der Waals surface area contributed by atoms with Crippen LogP contribution in [0.1, 0.15) is 22.3 Å². The number of anilines is 1. The molecule has 0 radical (unpaired) electrons. The van der Waals surface area contributed by atoms with Crippen molar-refractivity contribution in [2.75, 3.05) is 18.5 Å². The van der Waals surface area contributed by atoms with E-state index in [1.165, 1.54) is 30.3 Å². The maximum atomic E-state index is 11.9. The van der Waals surface area contributed by atoms with Gasteiger partial charge >= 0.3 is 5.97 Å². The summed E-state index contributed by atoms with van der Waals surface area (Å²) in [5, 5.41) is 35.1. The molecule has 0 atom stereocenters. The van der Waals surface area contributed by atoms with E-state index >= 15 is 0 Å². The molecule has 0 unspecified atom stereocenters. The van der Waals surface area contributed by atoms with Crippen molar-refractivity contribution in [3.05, 3.63) is 73.8 Å². The minimum absolute atomic E-state index is 0.0227. The van der Waals surface area contributed by atoms with E-state index in [1.807, 2.05) is 0 Å². The molecular weight excluding hydrogens is 426 g/mol. The summed E-state index contributed by atoms with van der Waals surface area (Å²) >= 11 is 0. The van der Waals surface area contributed by atoms with Crippen molar-refractivity contribution in [1.29, 1.82) is 5.26 Å². The van der Waals surface area contributed by atoms with Gasteiger partial charge in [0, 0.05) is 36.4 Å². The van der Waals surface area contributed by atoms with E-state index in [-0.39, 0.29) is 41.2 Å². The third kappa shape index (κ3) is 6.59. The van der Waals surface area contributed by atoms with E-state index < -0.39 is 34.2 Å². The van der Waals surface area contributed by atoms with Crippen LogP contribution in [0.25, 0.3) is 0 Å². The topological polar surface area (TPSA) is 195 Å². The molecule has 32 heavy (non-hydrogen) atoms. The molecule has 0 bridgehead atoms. The van der Waals surface area contributed by atoms with Crippen molar-refractivity contribution in [3.63, 3.8) is 0 Å².